The van der Waals surface area contributed by atoms with Crippen molar-refractivity contribution in [3.05, 3.63) is 35.4 Å². The van der Waals surface area contributed by atoms with Gasteiger partial charge in [0.05, 0.1) is 0 Å². The van der Waals surface area contributed by atoms with Crippen LogP contribution in [0, 0.1) is 0 Å². The summed E-state index contributed by atoms with van der Waals surface area (Å²) < 4.78 is 0. The van der Waals surface area contributed by atoms with E-state index >= 15 is 0 Å². The summed E-state index contributed by atoms with van der Waals surface area (Å²) in [6.45, 7) is 0.941. The molecule has 3 atom stereocenters. The van der Waals surface area contributed by atoms with Gasteiger partial charge in [-0.05, 0) is 17.5 Å². The van der Waals surface area contributed by atoms with E-state index in [2.05, 4.69) is 30.1 Å². The van der Waals surface area contributed by atoms with Gasteiger partial charge in [0.2, 0.25) is 5.91 Å². The van der Waals surface area contributed by atoms with Crippen molar-refractivity contribution < 1.29 is 4.79 Å². The van der Waals surface area contributed by atoms with Crippen molar-refractivity contribution in [3.8, 4) is 0 Å². The molecule has 1 fully saturated rings. The highest BCUT2D eigenvalue weighted by molar-refractivity contribution is 7.81. The van der Waals surface area contributed by atoms with Crippen LogP contribution in [0.25, 0.3) is 0 Å². The largest absolute Gasteiger partial charge is 0.370 e. The molecule has 1 amide bonds. The quantitative estimate of drug-likeness (QED) is 0.610. The van der Waals surface area contributed by atoms with E-state index in [1.165, 1.54) is 5.56 Å². The van der Waals surface area contributed by atoms with Gasteiger partial charge in [-0.2, -0.15) is 12.6 Å². The van der Waals surface area contributed by atoms with Gasteiger partial charge in [0.25, 0.3) is 0 Å². The molecule has 4 nitrogen and oxygen atoms in total. The smallest absolute Gasteiger partial charge is 0.219 e. The third kappa shape index (κ3) is 3.25. The maximum Gasteiger partial charge on any atom is 0.219 e. The molecule has 1 aliphatic heterocycles. The van der Waals surface area contributed by atoms with Gasteiger partial charge in [-0.25, -0.2) is 0 Å². The fourth-order valence-electron chi connectivity index (χ4n) is 2.28. The lowest BCUT2D eigenvalue weighted by Crippen LogP contribution is -2.20. The molecule has 0 saturated carbocycles. The van der Waals surface area contributed by atoms with Crippen molar-refractivity contribution in [2.45, 2.75) is 30.2 Å². The average Bonchev–Trinajstić information content (AvgIpc) is 2.75. The molecule has 0 unspecified atom stereocenters. The summed E-state index contributed by atoms with van der Waals surface area (Å²) in [5.41, 5.74) is 13.2. The van der Waals surface area contributed by atoms with E-state index in [0.717, 1.165) is 18.5 Å². The molecule has 5 heteroatoms. The Morgan fingerprint density at radius 2 is 2.11 bits per heavy atom. The van der Waals surface area contributed by atoms with Crippen LogP contribution in [0.5, 0.6) is 0 Å². The molecule has 0 spiro atoms. The number of nitrogens with two attached hydrogens (primary N) is 2. The van der Waals surface area contributed by atoms with E-state index in [-0.39, 0.29) is 18.4 Å². The van der Waals surface area contributed by atoms with Crippen LogP contribution in [-0.4, -0.2) is 17.7 Å². The Hall–Kier alpha value is -1.04. The third-order valence-electron chi connectivity index (χ3n) is 3.30. The SMILES string of the molecule is NC(=O)C[C@H](N)c1ccc([C@H]2C[C@@H](S)CN2)cc1. The fourth-order valence-corrected chi connectivity index (χ4v) is 2.60. The molecular formula is C13H19N3OS. The lowest BCUT2D eigenvalue weighted by molar-refractivity contribution is -0.118. The van der Waals surface area contributed by atoms with Crippen LogP contribution in [0.1, 0.15) is 36.1 Å². The molecule has 5 N–H and O–H groups in total. The molecule has 1 heterocycles. The minimum atomic E-state index is -0.373. The van der Waals surface area contributed by atoms with Crippen LogP contribution in [0.2, 0.25) is 0 Å². The zero-order valence-corrected chi connectivity index (χ0v) is 11.1. The first-order chi connectivity index (χ1) is 8.56. The van der Waals surface area contributed by atoms with Gasteiger partial charge in [0, 0.05) is 30.3 Å². The molecule has 2 rings (SSSR count). The Balaban J connectivity index is 2.03. The number of primary amides is 1. The fraction of sp³-hybridized carbons (Fsp3) is 0.462. The second-order valence-corrected chi connectivity index (χ2v) is 5.52. The van der Waals surface area contributed by atoms with Crippen molar-refractivity contribution >= 4 is 18.5 Å². The predicted molar refractivity (Wildman–Crippen MR) is 75.3 cm³/mol. The minimum absolute atomic E-state index is 0.180. The number of hydrogen-bond acceptors (Lipinski definition) is 4. The first-order valence-corrected chi connectivity index (χ1v) is 6.63. The molecule has 1 aromatic rings. The van der Waals surface area contributed by atoms with E-state index in [1.54, 1.807) is 0 Å². The highest BCUT2D eigenvalue weighted by Gasteiger charge is 2.22. The van der Waals surface area contributed by atoms with Crippen molar-refractivity contribution in [1.29, 1.82) is 0 Å². The average molecular weight is 265 g/mol. The maximum absolute atomic E-state index is 10.8. The van der Waals surface area contributed by atoms with E-state index in [9.17, 15) is 4.79 Å². The number of carbonyl (C=O) groups excluding carboxylic acids is 1. The Bertz CT molecular complexity index is 421. The van der Waals surface area contributed by atoms with Gasteiger partial charge in [0.15, 0.2) is 0 Å². The van der Waals surface area contributed by atoms with E-state index in [0.29, 0.717) is 11.3 Å². The molecular weight excluding hydrogens is 246 g/mol. The number of thiol groups is 1. The topological polar surface area (TPSA) is 81.1 Å². The van der Waals surface area contributed by atoms with Crippen LogP contribution < -0.4 is 16.8 Å². The van der Waals surface area contributed by atoms with Gasteiger partial charge < -0.3 is 16.8 Å². The van der Waals surface area contributed by atoms with Crippen molar-refractivity contribution in [2.75, 3.05) is 6.54 Å². The summed E-state index contributed by atoms with van der Waals surface area (Å²) in [6, 6.07) is 8.10. The Kier molecular flexibility index (Phi) is 4.27. The minimum Gasteiger partial charge on any atom is -0.370 e. The lowest BCUT2D eigenvalue weighted by atomic mass is 9.99. The van der Waals surface area contributed by atoms with Crippen LogP contribution in [0.15, 0.2) is 24.3 Å². The standard InChI is InChI=1S/C13H19N3OS/c14-11(6-13(15)17)8-1-3-9(4-2-8)12-5-10(18)7-16-12/h1-4,10-12,16,18H,5-7,14H2,(H2,15,17)/t10-,11+,12-/m1/s1. The number of benzene rings is 1. The zero-order valence-electron chi connectivity index (χ0n) is 10.2. The number of nitrogens with one attached hydrogen (secondary N) is 1. The number of hydrogen-bond donors (Lipinski definition) is 4. The molecule has 98 valence electrons. The van der Waals surface area contributed by atoms with Crippen molar-refractivity contribution in [2.24, 2.45) is 11.5 Å². The Labute approximate surface area is 113 Å². The highest BCUT2D eigenvalue weighted by atomic mass is 32.1. The highest BCUT2D eigenvalue weighted by Crippen LogP contribution is 2.27. The second-order valence-electron chi connectivity index (χ2n) is 4.79. The summed E-state index contributed by atoms with van der Waals surface area (Å²) in [4.78, 5) is 10.8. The molecule has 18 heavy (non-hydrogen) atoms. The first kappa shape index (κ1) is 13.4. The van der Waals surface area contributed by atoms with Crippen LogP contribution in [-0.2, 0) is 4.79 Å². The summed E-state index contributed by atoms with van der Waals surface area (Å²) >= 11 is 4.46. The zero-order chi connectivity index (χ0) is 13.1. The third-order valence-corrected chi connectivity index (χ3v) is 3.69. The molecule has 0 radical (unpaired) electrons. The molecule has 1 saturated heterocycles. The lowest BCUT2D eigenvalue weighted by Gasteiger charge is -2.14. The van der Waals surface area contributed by atoms with Gasteiger partial charge in [-0.3, -0.25) is 4.79 Å². The summed E-state index contributed by atoms with van der Waals surface area (Å²) in [5, 5.41) is 3.84. The van der Waals surface area contributed by atoms with Crippen LogP contribution in [0.3, 0.4) is 0 Å². The number of amides is 1. The number of rotatable bonds is 4. The van der Waals surface area contributed by atoms with E-state index in [1.807, 2.05) is 12.1 Å². The van der Waals surface area contributed by atoms with E-state index < -0.39 is 0 Å². The van der Waals surface area contributed by atoms with Crippen molar-refractivity contribution in [3.63, 3.8) is 0 Å². The second kappa shape index (κ2) is 5.73. The van der Waals surface area contributed by atoms with Crippen molar-refractivity contribution in [1.82, 2.24) is 5.32 Å². The van der Waals surface area contributed by atoms with Crippen LogP contribution in [0.4, 0.5) is 0 Å². The molecule has 0 aliphatic carbocycles. The Morgan fingerprint density at radius 1 is 1.44 bits per heavy atom. The molecule has 0 aromatic heterocycles. The summed E-state index contributed by atoms with van der Waals surface area (Å²) in [5.74, 6) is -0.373. The van der Waals surface area contributed by atoms with Gasteiger partial charge in [0.1, 0.15) is 0 Å². The normalized spacial score (nSPS) is 25.0. The Morgan fingerprint density at radius 3 is 2.61 bits per heavy atom. The maximum atomic E-state index is 10.8. The van der Waals surface area contributed by atoms with Crippen LogP contribution >= 0.6 is 12.6 Å². The predicted octanol–water partition coefficient (Wildman–Crippen LogP) is 0.895. The van der Waals surface area contributed by atoms with Gasteiger partial charge >= 0.3 is 0 Å². The summed E-state index contributed by atoms with van der Waals surface area (Å²) in [6.07, 6.45) is 1.22. The molecule has 0 bridgehead atoms. The summed E-state index contributed by atoms with van der Waals surface area (Å²) in [7, 11) is 0. The first-order valence-electron chi connectivity index (χ1n) is 6.11. The number of carbonyl (C=O) groups is 1. The van der Waals surface area contributed by atoms with E-state index in [4.69, 9.17) is 11.5 Å². The monoisotopic (exact) mass is 265 g/mol. The molecule has 1 aromatic carbocycles. The van der Waals surface area contributed by atoms with Gasteiger partial charge in [-0.1, -0.05) is 24.3 Å². The molecule has 1 aliphatic rings. The van der Waals surface area contributed by atoms with Gasteiger partial charge in [-0.15, -0.1) is 0 Å².